The van der Waals surface area contributed by atoms with Crippen LogP contribution in [-0.4, -0.2) is 45.5 Å². The van der Waals surface area contributed by atoms with Crippen LogP contribution in [0.2, 0.25) is 0 Å². The number of hydrazone groups is 1. The number of aryl methyl sites for hydroxylation is 1. The Balaban J connectivity index is 1.70. The van der Waals surface area contributed by atoms with Gasteiger partial charge in [0.1, 0.15) is 6.54 Å². The molecule has 28 heavy (non-hydrogen) atoms. The molecule has 3 aliphatic rings. The first-order chi connectivity index (χ1) is 13.7. The molecule has 1 amide bonds. The van der Waals surface area contributed by atoms with Gasteiger partial charge in [-0.3, -0.25) is 5.01 Å². The first-order valence-electron chi connectivity index (χ1n) is 9.53. The van der Waals surface area contributed by atoms with Gasteiger partial charge in [0.05, 0.1) is 24.9 Å². The maximum absolute atomic E-state index is 13.2. The SMILES string of the molecule is CC[N+](C(=O)c1nc(C2=C3C=CCC=CN(C3)N=C2)c(C)s1)=C1C=CC=CC1. The van der Waals surface area contributed by atoms with Crippen molar-refractivity contribution in [3.63, 3.8) is 0 Å². The average molecular weight is 392 g/mol. The van der Waals surface area contributed by atoms with Crippen LogP contribution in [0.5, 0.6) is 0 Å². The Labute approximate surface area is 169 Å². The summed E-state index contributed by atoms with van der Waals surface area (Å²) >= 11 is 1.46. The fourth-order valence-corrected chi connectivity index (χ4v) is 4.34. The normalized spacial score (nSPS) is 19.9. The second kappa shape index (κ2) is 8.02. The zero-order chi connectivity index (χ0) is 19.5. The van der Waals surface area contributed by atoms with E-state index in [9.17, 15) is 4.79 Å². The van der Waals surface area contributed by atoms with Gasteiger partial charge in [0, 0.05) is 22.7 Å². The molecule has 0 unspecified atom stereocenters. The van der Waals surface area contributed by atoms with Gasteiger partial charge in [-0.2, -0.15) is 9.68 Å². The van der Waals surface area contributed by atoms with Gasteiger partial charge >= 0.3 is 5.91 Å². The second-order valence-electron chi connectivity index (χ2n) is 6.76. The van der Waals surface area contributed by atoms with Crippen molar-refractivity contribution in [3.8, 4) is 0 Å². The smallest absolute Gasteiger partial charge is 0.269 e. The molecule has 1 aromatic rings. The summed E-state index contributed by atoms with van der Waals surface area (Å²) < 4.78 is 1.82. The minimum absolute atomic E-state index is 0.0343. The first kappa shape index (κ1) is 18.5. The van der Waals surface area contributed by atoms with E-state index >= 15 is 0 Å². The number of rotatable bonds is 3. The third-order valence-corrected chi connectivity index (χ3v) is 5.85. The molecule has 0 N–H and O–H groups in total. The van der Waals surface area contributed by atoms with Crippen LogP contribution in [0.1, 0.15) is 40.1 Å². The van der Waals surface area contributed by atoms with Gasteiger partial charge in [0.2, 0.25) is 5.01 Å². The molecule has 0 aromatic carbocycles. The van der Waals surface area contributed by atoms with Crippen molar-refractivity contribution in [1.82, 2.24) is 9.99 Å². The molecule has 0 spiro atoms. The molecule has 2 aliphatic heterocycles. The molecule has 0 saturated carbocycles. The van der Waals surface area contributed by atoms with Crippen molar-refractivity contribution in [1.29, 1.82) is 0 Å². The van der Waals surface area contributed by atoms with E-state index in [0.29, 0.717) is 11.6 Å². The molecule has 1 aliphatic carbocycles. The van der Waals surface area contributed by atoms with Gasteiger partial charge in [-0.1, -0.05) is 36.5 Å². The lowest BCUT2D eigenvalue weighted by Crippen LogP contribution is -2.27. The van der Waals surface area contributed by atoms with Gasteiger partial charge < -0.3 is 0 Å². The van der Waals surface area contributed by atoms with E-state index < -0.39 is 0 Å². The molecule has 4 rings (SSSR count). The first-order valence-corrected chi connectivity index (χ1v) is 10.3. The zero-order valence-electron chi connectivity index (χ0n) is 16.1. The van der Waals surface area contributed by atoms with Crippen molar-refractivity contribution >= 4 is 34.7 Å². The summed E-state index contributed by atoms with van der Waals surface area (Å²) in [5.41, 5.74) is 4.05. The highest BCUT2D eigenvalue weighted by atomic mass is 32.1. The number of thiazole rings is 1. The van der Waals surface area contributed by atoms with E-state index in [1.807, 2.05) is 54.1 Å². The van der Waals surface area contributed by atoms with Crippen molar-refractivity contribution in [2.75, 3.05) is 13.1 Å². The summed E-state index contributed by atoms with van der Waals surface area (Å²) in [6.45, 7) is 5.37. The Morgan fingerprint density at radius 3 is 2.93 bits per heavy atom. The summed E-state index contributed by atoms with van der Waals surface area (Å²) in [6, 6.07) is 0. The standard InChI is InChI=1S/C22H23N4OS/c1-3-26(18-11-7-4-8-12-18)22(27)21-24-20(16(2)28-21)19-14-23-25-13-9-5-6-10-17(19)15-25/h4,6-11,13-14H,3,5,12,15H2,1-2H3/q+1. The number of carbonyl (C=O) groups is 1. The predicted molar refractivity (Wildman–Crippen MR) is 115 cm³/mol. The van der Waals surface area contributed by atoms with Crippen LogP contribution in [-0.2, 0) is 0 Å². The van der Waals surface area contributed by atoms with E-state index in [1.54, 1.807) is 0 Å². The lowest BCUT2D eigenvalue weighted by molar-refractivity contribution is -0.424. The van der Waals surface area contributed by atoms with Crippen LogP contribution in [0, 0.1) is 6.92 Å². The molecule has 0 fully saturated rings. The molecule has 5 nitrogen and oxygen atoms in total. The van der Waals surface area contributed by atoms with Crippen LogP contribution in [0.15, 0.2) is 59.4 Å². The van der Waals surface area contributed by atoms with Crippen LogP contribution in [0.25, 0.3) is 5.57 Å². The highest BCUT2D eigenvalue weighted by Crippen LogP contribution is 2.29. The summed E-state index contributed by atoms with van der Waals surface area (Å²) in [7, 11) is 0. The number of fused-ring (bicyclic) bond motifs is 2. The number of allylic oxidation sites excluding steroid dienone is 7. The highest BCUT2D eigenvalue weighted by molar-refractivity contribution is 7.13. The van der Waals surface area contributed by atoms with Crippen molar-refractivity contribution in [2.45, 2.75) is 26.7 Å². The minimum atomic E-state index is -0.0343. The molecular weight excluding hydrogens is 368 g/mol. The van der Waals surface area contributed by atoms with Crippen LogP contribution < -0.4 is 0 Å². The van der Waals surface area contributed by atoms with Crippen molar-refractivity contribution in [3.05, 3.63) is 69.9 Å². The Bertz CT molecular complexity index is 1020. The topological polar surface area (TPSA) is 48.6 Å². The molecule has 0 radical (unpaired) electrons. The van der Waals surface area contributed by atoms with Crippen LogP contribution in [0.4, 0.5) is 0 Å². The average Bonchev–Trinajstić information content (AvgIpc) is 3.09. The van der Waals surface area contributed by atoms with Crippen molar-refractivity contribution < 1.29 is 9.37 Å². The molecule has 2 bridgehead atoms. The number of amides is 1. The van der Waals surface area contributed by atoms with Crippen molar-refractivity contribution in [2.24, 2.45) is 5.10 Å². The lowest BCUT2D eigenvalue weighted by Gasteiger charge is -2.22. The quantitative estimate of drug-likeness (QED) is 0.729. The molecular formula is C22H23N4OS+. The summed E-state index contributed by atoms with van der Waals surface area (Å²) in [6.07, 6.45) is 19.9. The van der Waals surface area contributed by atoms with Gasteiger partial charge in [0.15, 0.2) is 5.71 Å². The molecule has 1 aromatic heterocycles. The molecule has 142 valence electrons. The maximum Gasteiger partial charge on any atom is 0.448 e. The van der Waals surface area contributed by atoms with E-state index in [4.69, 9.17) is 4.98 Å². The molecule has 0 atom stereocenters. The highest BCUT2D eigenvalue weighted by Gasteiger charge is 2.28. The third-order valence-electron chi connectivity index (χ3n) is 4.89. The Hall–Kier alpha value is -2.86. The molecule has 0 saturated heterocycles. The monoisotopic (exact) mass is 391 g/mol. The predicted octanol–water partition coefficient (Wildman–Crippen LogP) is 4.11. The van der Waals surface area contributed by atoms with Gasteiger partial charge in [-0.25, -0.2) is 9.78 Å². The number of carbonyl (C=O) groups excluding carboxylic acids is 1. The largest absolute Gasteiger partial charge is 0.448 e. The lowest BCUT2D eigenvalue weighted by atomic mass is 10.0. The van der Waals surface area contributed by atoms with E-state index in [1.165, 1.54) is 16.9 Å². The summed E-state index contributed by atoms with van der Waals surface area (Å²) in [4.78, 5) is 18.9. The molecule has 3 heterocycles. The minimum Gasteiger partial charge on any atom is -0.269 e. The number of hydrogen-bond donors (Lipinski definition) is 0. The zero-order valence-corrected chi connectivity index (χ0v) is 16.9. The van der Waals surface area contributed by atoms with E-state index in [2.05, 4.69) is 29.4 Å². The van der Waals surface area contributed by atoms with Crippen LogP contribution >= 0.6 is 11.3 Å². The third kappa shape index (κ3) is 3.60. The fraction of sp³-hybridized carbons (Fsp3) is 0.273. The maximum atomic E-state index is 13.2. The second-order valence-corrected chi connectivity index (χ2v) is 7.96. The Kier molecular flexibility index (Phi) is 5.30. The number of aromatic nitrogens is 1. The molecule has 6 heteroatoms. The number of nitrogens with zero attached hydrogens (tertiary/aromatic N) is 4. The van der Waals surface area contributed by atoms with Crippen LogP contribution in [0.3, 0.4) is 0 Å². The van der Waals surface area contributed by atoms with E-state index in [-0.39, 0.29) is 5.91 Å². The van der Waals surface area contributed by atoms with Gasteiger partial charge in [0.25, 0.3) is 0 Å². The van der Waals surface area contributed by atoms with E-state index in [0.717, 1.165) is 41.2 Å². The fourth-order valence-electron chi connectivity index (χ4n) is 3.47. The van der Waals surface area contributed by atoms with Gasteiger partial charge in [-0.15, -0.1) is 11.3 Å². The number of hydrogen-bond acceptors (Lipinski definition) is 5. The summed E-state index contributed by atoms with van der Waals surface area (Å²) in [5.74, 6) is -0.0343. The Morgan fingerprint density at radius 1 is 1.25 bits per heavy atom. The summed E-state index contributed by atoms with van der Waals surface area (Å²) in [5, 5.41) is 6.96. The van der Waals surface area contributed by atoms with Gasteiger partial charge in [-0.05, 0) is 25.8 Å². The Morgan fingerprint density at radius 2 is 2.14 bits per heavy atom.